The molecule has 0 radical (unpaired) electrons. The molecule has 0 aliphatic rings. The van der Waals surface area contributed by atoms with Gasteiger partial charge in [0.15, 0.2) is 0 Å². The first-order chi connectivity index (χ1) is 4.54. The molecular formula is C5H7ClO3S. The van der Waals surface area contributed by atoms with Gasteiger partial charge in [0.1, 0.15) is 0 Å². The monoisotopic (exact) mass is 182 g/mol. The zero-order valence-electron chi connectivity index (χ0n) is 5.21. The first-order valence-corrected chi connectivity index (χ1v) is 4.59. The van der Waals surface area contributed by atoms with E-state index in [2.05, 4.69) is 6.58 Å². The van der Waals surface area contributed by atoms with Gasteiger partial charge in [0.25, 0.3) is 5.12 Å². The number of alkyl halides is 1. The minimum Gasteiger partial charge on any atom is -0.281 e. The van der Waals surface area contributed by atoms with Crippen LogP contribution in [0.4, 0.5) is 0 Å². The Labute approximate surface area is 64.6 Å². The van der Waals surface area contributed by atoms with E-state index in [0.717, 1.165) is 0 Å². The predicted octanol–water partition coefficient (Wildman–Crippen LogP) is 0.700. The number of halogens is 1. The van der Waals surface area contributed by atoms with Gasteiger partial charge in [0.2, 0.25) is 9.84 Å². The van der Waals surface area contributed by atoms with Crippen LogP contribution < -0.4 is 0 Å². The minimum absolute atomic E-state index is 0.0197. The summed E-state index contributed by atoms with van der Waals surface area (Å²) in [4.78, 5) is 10.6. The molecular weight excluding hydrogens is 176 g/mol. The van der Waals surface area contributed by atoms with Gasteiger partial charge in [-0.3, -0.25) is 4.79 Å². The molecule has 0 atom stereocenters. The van der Waals surface area contributed by atoms with E-state index in [0.29, 0.717) is 5.41 Å². The fourth-order valence-electron chi connectivity index (χ4n) is 0.312. The van der Waals surface area contributed by atoms with Gasteiger partial charge < -0.3 is 0 Å². The van der Waals surface area contributed by atoms with Gasteiger partial charge in [-0.05, 0) is 0 Å². The van der Waals surface area contributed by atoms with Crippen LogP contribution in [0, 0.1) is 0 Å². The molecule has 5 heteroatoms. The Balaban J connectivity index is 4.36. The maximum absolute atomic E-state index is 10.6. The van der Waals surface area contributed by atoms with Crippen LogP contribution in [0.2, 0.25) is 0 Å². The van der Waals surface area contributed by atoms with E-state index in [-0.39, 0.29) is 12.3 Å². The molecule has 0 saturated heterocycles. The highest BCUT2D eigenvalue weighted by atomic mass is 35.5. The van der Waals surface area contributed by atoms with Crippen molar-refractivity contribution >= 4 is 26.6 Å². The second-order valence-electron chi connectivity index (χ2n) is 1.52. The van der Waals surface area contributed by atoms with Crippen LogP contribution in [0.5, 0.6) is 0 Å². The van der Waals surface area contributed by atoms with Crippen molar-refractivity contribution in [3.63, 3.8) is 0 Å². The Morgan fingerprint density at radius 3 is 2.40 bits per heavy atom. The van der Waals surface area contributed by atoms with Crippen molar-refractivity contribution in [1.29, 1.82) is 0 Å². The van der Waals surface area contributed by atoms with Gasteiger partial charge in [0, 0.05) is 17.7 Å². The summed E-state index contributed by atoms with van der Waals surface area (Å²) in [6.07, 6.45) is -0.157. The Kier molecular flexibility index (Phi) is 3.60. The lowest BCUT2D eigenvalue weighted by Gasteiger charge is -1.91. The average Bonchev–Trinajstić information content (AvgIpc) is 1.89. The summed E-state index contributed by atoms with van der Waals surface area (Å²) in [5.74, 6) is 0.0197. The molecule has 0 unspecified atom stereocenters. The molecule has 0 aromatic rings. The van der Waals surface area contributed by atoms with E-state index in [4.69, 9.17) is 11.6 Å². The molecule has 0 aliphatic heterocycles. The summed E-state index contributed by atoms with van der Waals surface area (Å²) in [5.41, 5.74) is 0. The maximum atomic E-state index is 10.6. The number of carbonyl (C=O) groups is 1. The highest BCUT2D eigenvalue weighted by molar-refractivity contribution is 8.08. The molecule has 0 rings (SSSR count). The van der Waals surface area contributed by atoms with Gasteiger partial charge in [-0.15, -0.1) is 11.6 Å². The Morgan fingerprint density at radius 2 is 2.10 bits per heavy atom. The summed E-state index contributed by atoms with van der Waals surface area (Å²) in [7, 11) is -3.72. The van der Waals surface area contributed by atoms with Crippen LogP contribution in [-0.4, -0.2) is 19.4 Å². The highest BCUT2D eigenvalue weighted by Gasteiger charge is 2.15. The summed E-state index contributed by atoms with van der Waals surface area (Å²) in [6.45, 7) is 2.98. The van der Waals surface area contributed by atoms with E-state index in [1.807, 2.05) is 0 Å². The average molecular weight is 183 g/mol. The lowest BCUT2D eigenvalue weighted by molar-refractivity contribution is -0.111. The zero-order valence-corrected chi connectivity index (χ0v) is 6.78. The van der Waals surface area contributed by atoms with Gasteiger partial charge in [-0.2, -0.15) is 0 Å². The fourth-order valence-corrected chi connectivity index (χ4v) is 1.17. The van der Waals surface area contributed by atoms with Crippen molar-refractivity contribution in [1.82, 2.24) is 0 Å². The van der Waals surface area contributed by atoms with Gasteiger partial charge in [-0.1, -0.05) is 6.58 Å². The number of hydrogen-bond acceptors (Lipinski definition) is 3. The SMILES string of the molecule is C=CS(=O)(=O)C(=O)CCCl. The molecule has 0 aromatic carbocycles. The van der Waals surface area contributed by atoms with Gasteiger partial charge in [0.05, 0.1) is 0 Å². The van der Waals surface area contributed by atoms with Crippen LogP contribution in [0.25, 0.3) is 0 Å². The van der Waals surface area contributed by atoms with Gasteiger partial charge in [-0.25, -0.2) is 8.42 Å². The second kappa shape index (κ2) is 3.73. The molecule has 0 N–H and O–H groups in total. The molecule has 3 nitrogen and oxygen atoms in total. The van der Waals surface area contributed by atoms with Crippen LogP contribution >= 0.6 is 11.6 Å². The summed E-state index contributed by atoms with van der Waals surface area (Å²) in [6, 6.07) is 0. The minimum atomic E-state index is -3.72. The van der Waals surface area contributed by atoms with Crippen molar-refractivity contribution in [2.45, 2.75) is 6.42 Å². The molecule has 0 fully saturated rings. The maximum Gasteiger partial charge on any atom is 0.251 e. The quantitative estimate of drug-likeness (QED) is 0.604. The molecule has 0 bridgehead atoms. The van der Waals surface area contributed by atoms with E-state index in [1.165, 1.54) is 0 Å². The Bertz CT molecular complexity index is 229. The molecule has 10 heavy (non-hydrogen) atoms. The zero-order chi connectivity index (χ0) is 8.20. The lowest BCUT2D eigenvalue weighted by Crippen LogP contribution is -2.11. The molecule has 0 spiro atoms. The Hall–Kier alpha value is -0.350. The van der Waals surface area contributed by atoms with E-state index in [1.54, 1.807) is 0 Å². The summed E-state index contributed by atoms with van der Waals surface area (Å²) >= 11 is 5.14. The third-order valence-electron chi connectivity index (χ3n) is 0.835. The van der Waals surface area contributed by atoms with Crippen LogP contribution in [0.1, 0.15) is 6.42 Å². The first kappa shape index (κ1) is 9.65. The fraction of sp³-hybridized carbons (Fsp3) is 0.400. The largest absolute Gasteiger partial charge is 0.281 e. The van der Waals surface area contributed by atoms with Crippen molar-refractivity contribution in [3.05, 3.63) is 12.0 Å². The molecule has 0 aromatic heterocycles. The van der Waals surface area contributed by atoms with E-state index in [9.17, 15) is 13.2 Å². The second-order valence-corrected chi connectivity index (χ2v) is 3.78. The number of rotatable bonds is 3. The van der Waals surface area contributed by atoms with Crippen LogP contribution in [-0.2, 0) is 14.6 Å². The number of carbonyl (C=O) groups excluding carboxylic acids is 1. The van der Waals surface area contributed by atoms with Crippen LogP contribution in [0.3, 0.4) is 0 Å². The molecule has 0 saturated carbocycles. The normalized spacial score (nSPS) is 10.9. The smallest absolute Gasteiger partial charge is 0.251 e. The highest BCUT2D eigenvalue weighted by Crippen LogP contribution is 1.98. The molecule has 0 aliphatic carbocycles. The predicted molar refractivity (Wildman–Crippen MR) is 39.5 cm³/mol. The number of sulfone groups is 1. The summed E-state index contributed by atoms with van der Waals surface area (Å²) in [5, 5.41) is -0.250. The van der Waals surface area contributed by atoms with Gasteiger partial charge >= 0.3 is 0 Å². The third-order valence-corrected chi connectivity index (χ3v) is 2.30. The van der Waals surface area contributed by atoms with Crippen molar-refractivity contribution in [3.8, 4) is 0 Å². The Morgan fingerprint density at radius 1 is 1.60 bits per heavy atom. The molecule has 0 heterocycles. The topological polar surface area (TPSA) is 51.2 Å². The third kappa shape index (κ3) is 2.49. The first-order valence-electron chi connectivity index (χ1n) is 2.51. The number of hydrogen-bond donors (Lipinski definition) is 0. The standard InChI is InChI=1S/C5H7ClO3S/c1-2-10(8,9)5(7)3-4-6/h2H,1,3-4H2. The summed E-state index contributed by atoms with van der Waals surface area (Å²) < 4.78 is 21.1. The van der Waals surface area contributed by atoms with Crippen molar-refractivity contribution in [2.24, 2.45) is 0 Å². The van der Waals surface area contributed by atoms with E-state index < -0.39 is 15.0 Å². The van der Waals surface area contributed by atoms with E-state index >= 15 is 0 Å². The van der Waals surface area contributed by atoms with Crippen molar-refractivity contribution < 1.29 is 13.2 Å². The molecule has 58 valence electrons. The van der Waals surface area contributed by atoms with Crippen molar-refractivity contribution in [2.75, 3.05) is 5.88 Å². The van der Waals surface area contributed by atoms with Crippen LogP contribution in [0.15, 0.2) is 12.0 Å². The molecule has 0 amide bonds. The lowest BCUT2D eigenvalue weighted by atomic mass is 10.6.